The van der Waals surface area contributed by atoms with Crippen LogP contribution in [0.5, 0.6) is 0 Å². The molecule has 0 aliphatic rings. The molecule has 0 rings (SSSR count). The molecule has 56 valence electrons. The Kier molecular flexibility index (Phi) is 72.2. The molecule has 8 heavy (non-hydrogen) atoms. The Labute approximate surface area is 69.8 Å². The highest BCUT2D eigenvalue weighted by Crippen LogP contribution is 1.62. The van der Waals surface area contributed by atoms with Gasteiger partial charge in [0.2, 0.25) is 0 Å². The molecule has 1 nitrogen and oxygen atoms in total. The van der Waals surface area contributed by atoms with Gasteiger partial charge in [0.25, 0.3) is 0 Å². The van der Waals surface area contributed by atoms with E-state index in [1.807, 2.05) is 7.05 Å². The molecule has 0 bridgehead atoms. The lowest BCUT2D eigenvalue weighted by Crippen LogP contribution is -2.04. The summed E-state index contributed by atoms with van der Waals surface area (Å²) in [7, 11) is 1.96. The molecule has 0 radical (unpaired) electrons. The third kappa shape index (κ3) is 29.0. The summed E-state index contributed by atoms with van der Waals surface area (Å²) in [4.78, 5) is 0. The molecule has 0 amide bonds. The standard InChI is InChI=1S/C4H11N.3ClH/c1-3-4-5-2;;;/h5H,3-4H2,1-2H3;3*1H. The first kappa shape index (κ1) is 23.2. The van der Waals surface area contributed by atoms with Crippen LogP contribution < -0.4 is 5.32 Å². The van der Waals surface area contributed by atoms with Gasteiger partial charge in [-0.2, -0.15) is 0 Å². The summed E-state index contributed by atoms with van der Waals surface area (Å²) in [5, 5.41) is 3.02. The third-order valence-corrected chi connectivity index (χ3v) is 0.500. The van der Waals surface area contributed by atoms with E-state index in [-0.39, 0.29) is 37.2 Å². The fourth-order valence-electron chi connectivity index (χ4n) is 0.250. The van der Waals surface area contributed by atoms with Gasteiger partial charge in [0, 0.05) is 0 Å². The highest BCUT2D eigenvalue weighted by Gasteiger charge is 1.64. The van der Waals surface area contributed by atoms with Crippen molar-refractivity contribution in [3.63, 3.8) is 0 Å². The number of hydrogen-bond acceptors (Lipinski definition) is 1. The van der Waals surface area contributed by atoms with E-state index in [4.69, 9.17) is 0 Å². The number of halogens is 3. The Balaban J connectivity index is -0.0000000267. The summed E-state index contributed by atoms with van der Waals surface area (Å²) >= 11 is 0. The van der Waals surface area contributed by atoms with Crippen LogP contribution in [0.1, 0.15) is 13.3 Å². The van der Waals surface area contributed by atoms with Gasteiger partial charge in [-0.3, -0.25) is 0 Å². The lowest BCUT2D eigenvalue weighted by Gasteiger charge is -1.84. The Morgan fingerprint density at radius 2 is 1.50 bits per heavy atom. The van der Waals surface area contributed by atoms with Crippen molar-refractivity contribution in [1.29, 1.82) is 0 Å². The SMILES string of the molecule is CCCNC.Cl.Cl.Cl. The fraction of sp³-hybridized carbons (Fsp3) is 1.00. The van der Waals surface area contributed by atoms with E-state index >= 15 is 0 Å². The van der Waals surface area contributed by atoms with Gasteiger partial charge in [-0.25, -0.2) is 0 Å². The second-order valence-corrected chi connectivity index (χ2v) is 1.10. The van der Waals surface area contributed by atoms with Gasteiger partial charge in [-0.15, -0.1) is 37.2 Å². The average Bonchev–Trinajstić information content (AvgIpc) is 1.41. The number of nitrogens with one attached hydrogen (secondary N) is 1. The Hall–Kier alpha value is 0.830. The van der Waals surface area contributed by atoms with Gasteiger partial charge in [0.15, 0.2) is 0 Å². The van der Waals surface area contributed by atoms with Crippen LogP contribution >= 0.6 is 37.2 Å². The van der Waals surface area contributed by atoms with Gasteiger partial charge < -0.3 is 5.32 Å². The summed E-state index contributed by atoms with van der Waals surface area (Å²) in [6.07, 6.45) is 1.23. The summed E-state index contributed by atoms with van der Waals surface area (Å²) in [5.41, 5.74) is 0. The minimum Gasteiger partial charge on any atom is -0.320 e. The Morgan fingerprint density at radius 3 is 1.50 bits per heavy atom. The van der Waals surface area contributed by atoms with Gasteiger partial charge >= 0.3 is 0 Å². The van der Waals surface area contributed by atoms with Crippen LogP contribution in [-0.4, -0.2) is 13.6 Å². The highest BCUT2D eigenvalue weighted by molar-refractivity contribution is 5.86. The molecule has 0 saturated carbocycles. The molecule has 4 heteroatoms. The molecule has 0 unspecified atom stereocenters. The van der Waals surface area contributed by atoms with Crippen LogP contribution in [0.15, 0.2) is 0 Å². The van der Waals surface area contributed by atoms with Crippen molar-refractivity contribution in [3.8, 4) is 0 Å². The van der Waals surface area contributed by atoms with E-state index in [1.54, 1.807) is 0 Å². The van der Waals surface area contributed by atoms with E-state index in [1.165, 1.54) is 6.42 Å². The third-order valence-electron chi connectivity index (χ3n) is 0.500. The largest absolute Gasteiger partial charge is 0.320 e. The minimum absolute atomic E-state index is 0. The molecule has 0 aromatic heterocycles. The van der Waals surface area contributed by atoms with Crippen LogP contribution in [-0.2, 0) is 0 Å². The second kappa shape index (κ2) is 24.9. The van der Waals surface area contributed by atoms with Crippen molar-refractivity contribution in [3.05, 3.63) is 0 Å². The van der Waals surface area contributed by atoms with Crippen LogP contribution in [0.4, 0.5) is 0 Å². The van der Waals surface area contributed by atoms with Crippen molar-refractivity contribution in [2.24, 2.45) is 0 Å². The van der Waals surface area contributed by atoms with Crippen LogP contribution in [0, 0.1) is 0 Å². The van der Waals surface area contributed by atoms with Crippen molar-refractivity contribution in [2.75, 3.05) is 13.6 Å². The summed E-state index contributed by atoms with van der Waals surface area (Å²) < 4.78 is 0. The van der Waals surface area contributed by atoms with Crippen LogP contribution in [0.3, 0.4) is 0 Å². The maximum absolute atomic E-state index is 3.02. The molecule has 1 N–H and O–H groups in total. The zero-order chi connectivity index (χ0) is 4.12. The minimum atomic E-state index is 0. The highest BCUT2D eigenvalue weighted by atomic mass is 35.5. The van der Waals surface area contributed by atoms with Gasteiger partial charge in [-0.1, -0.05) is 6.92 Å². The van der Waals surface area contributed by atoms with E-state index < -0.39 is 0 Å². The first-order valence-electron chi connectivity index (χ1n) is 2.06. The lowest BCUT2D eigenvalue weighted by molar-refractivity contribution is 0.772. The maximum Gasteiger partial charge on any atom is -0.00546 e. The zero-order valence-corrected chi connectivity index (χ0v) is 7.59. The summed E-state index contributed by atoms with van der Waals surface area (Å²) in [6.45, 7) is 3.29. The van der Waals surface area contributed by atoms with Gasteiger partial charge in [0.1, 0.15) is 0 Å². The summed E-state index contributed by atoms with van der Waals surface area (Å²) in [6, 6.07) is 0. The van der Waals surface area contributed by atoms with Gasteiger partial charge in [-0.05, 0) is 20.0 Å². The van der Waals surface area contributed by atoms with Crippen molar-refractivity contribution in [2.45, 2.75) is 13.3 Å². The normalized spacial score (nSPS) is 5.25. The average molecular weight is 183 g/mol. The monoisotopic (exact) mass is 181 g/mol. The molecule has 0 aromatic carbocycles. The Morgan fingerprint density at radius 1 is 1.12 bits per heavy atom. The summed E-state index contributed by atoms with van der Waals surface area (Å²) in [5.74, 6) is 0. The first-order chi connectivity index (χ1) is 2.41. The Bertz CT molecular complexity index is 18.8. The first-order valence-corrected chi connectivity index (χ1v) is 2.06. The molecule has 0 aromatic rings. The number of rotatable bonds is 2. The van der Waals surface area contributed by atoms with Crippen molar-refractivity contribution >= 4 is 37.2 Å². The molecule has 0 spiro atoms. The molecule has 0 saturated heterocycles. The van der Waals surface area contributed by atoms with Gasteiger partial charge in [0.05, 0.1) is 0 Å². The van der Waals surface area contributed by atoms with E-state index in [0.29, 0.717) is 0 Å². The van der Waals surface area contributed by atoms with E-state index in [0.717, 1.165) is 6.54 Å². The predicted molar refractivity (Wildman–Crippen MR) is 46.0 cm³/mol. The van der Waals surface area contributed by atoms with E-state index in [2.05, 4.69) is 12.2 Å². The smallest absolute Gasteiger partial charge is 0.00546 e. The topological polar surface area (TPSA) is 12.0 Å². The predicted octanol–water partition coefficient (Wildman–Crippen LogP) is 1.88. The molecule has 0 aliphatic heterocycles. The lowest BCUT2D eigenvalue weighted by atomic mass is 10.5. The van der Waals surface area contributed by atoms with Crippen molar-refractivity contribution < 1.29 is 0 Å². The van der Waals surface area contributed by atoms with Crippen LogP contribution in [0.25, 0.3) is 0 Å². The zero-order valence-electron chi connectivity index (χ0n) is 5.14. The molecule has 0 aliphatic carbocycles. The fourth-order valence-corrected chi connectivity index (χ4v) is 0.250. The van der Waals surface area contributed by atoms with Crippen molar-refractivity contribution in [1.82, 2.24) is 5.32 Å². The molecule has 0 atom stereocenters. The molecule has 0 heterocycles. The quantitative estimate of drug-likeness (QED) is 0.688. The number of hydrogen-bond donors (Lipinski definition) is 1. The molecule has 0 fully saturated rings. The van der Waals surface area contributed by atoms with Crippen LogP contribution in [0.2, 0.25) is 0 Å². The molecular weight excluding hydrogens is 168 g/mol. The second-order valence-electron chi connectivity index (χ2n) is 1.10. The molecular formula is C4H14Cl3N. The van der Waals surface area contributed by atoms with E-state index in [9.17, 15) is 0 Å². The maximum atomic E-state index is 3.02.